The molecule has 2 atom stereocenters. The fraction of sp³-hybridized carbons (Fsp3) is 0.643. The highest BCUT2D eigenvalue weighted by atomic mass is 16.3. The van der Waals surface area contributed by atoms with Gasteiger partial charge in [-0.15, -0.1) is 0 Å². The van der Waals surface area contributed by atoms with Gasteiger partial charge in [-0.3, -0.25) is 4.79 Å². The second-order valence-corrected chi connectivity index (χ2v) is 5.35. The first kappa shape index (κ1) is 13.1. The summed E-state index contributed by atoms with van der Waals surface area (Å²) in [5, 5.41) is 2.99. The second kappa shape index (κ2) is 6.05. The summed E-state index contributed by atoms with van der Waals surface area (Å²) in [5.41, 5.74) is 6.01. The van der Waals surface area contributed by atoms with Crippen LogP contribution in [0.2, 0.25) is 0 Å². The van der Waals surface area contributed by atoms with Crippen LogP contribution in [0.3, 0.4) is 0 Å². The fourth-order valence-corrected chi connectivity index (χ4v) is 2.69. The Morgan fingerprint density at radius 1 is 1.56 bits per heavy atom. The largest absolute Gasteiger partial charge is 0.467 e. The van der Waals surface area contributed by atoms with Crippen LogP contribution in [0.5, 0.6) is 0 Å². The zero-order chi connectivity index (χ0) is 13.0. The Morgan fingerprint density at radius 3 is 3.06 bits per heavy atom. The molecule has 3 N–H and O–H groups in total. The number of rotatable bonds is 4. The van der Waals surface area contributed by atoms with Crippen LogP contribution >= 0.6 is 0 Å². The molecule has 4 nitrogen and oxygen atoms in total. The molecule has 0 bridgehead atoms. The summed E-state index contributed by atoms with van der Waals surface area (Å²) in [7, 11) is 0. The van der Waals surface area contributed by atoms with Crippen molar-refractivity contribution >= 4 is 5.91 Å². The number of furan rings is 1. The van der Waals surface area contributed by atoms with Crippen molar-refractivity contribution in [3.63, 3.8) is 0 Å². The van der Waals surface area contributed by atoms with Gasteiger partial charge in [0, 0.05) is 6.54 Å². The topological polar surface area (TPSA) is 68.3 Å². The molecule has 100 valence electrons. The predicted molar refractivity (Wildman–Crippen MR) is 70.1 cm³/mol. The molecule has 18 heavy (non-hydrogen) atoms. The zero-order valence-corrected chi connectivity index (χ0v) is 10.9. The average molecular weight is 250 g/mol. The third-order valence-corrected chi connectivity index (χ3v) is 3.71. The van der Waals surface area contributed by atoms with Gasteiger partial charge in [-0.25, -0.2) is 0 Å². The maximum atomic E-state index is 11.9. The lowest BCUT2D eigenvalue weighted by Gasteiger charge is -2.26. The van der Waals surface area contributed by atoms with Crippen LogP contribution in [0.1, 0.15) is 48.7 Å². The number of hydrogen-bond donors (Lipinski definition) is 2. The Morgan fingerprint density at radius 2 is 2.39 bits per heavy atom. The average Bonchev–Trinajstić information content (AvgIpc) is 2.85. The van der Waals surface area contributed by atoms with Crippen molar-refractivity contribution in [2.45, 2.75) is 39.2 Å². The van der Waals surface area contributed by atoms with Gasteiger partial charge < -0.3 is 15.5 Å². The van der Waals surface area contributed by atoms with Gasteiger partial charge in [-0.05, 0) is 30.7 Å². The molecule has 1 aromatic rings. The minimum atomic E-state index is -0.0586. The van der Waals surface area contributed by atoms with Crippen LogP contribution in [0.15, 0.2) is 16.7 Å². The number of carbonyl (C=O) groups excluding carboxylic acids is 1. The Labute approximate surface area is 108 Å². The van der Waals surface area contributed by atoms with Crippen LogP contribution in [-0.2, 0) is 6.54 Å². The Bertz CT molecular complexity index is 400. The van der Waals surface area contributed by atoms with E-state index in [0.717, 1.165) is 12.5 Å². The fourth-order valence-electron chi connectivity index (χ4n) is 2.69. The van der Waals surface area contributed by atoms with Crippen molar-refractivity contribution in [3.05, 3.63) is 23.7 Å². The summed E-state index contributed by atoms with van der Waals surface area (Å²) >= 11 is 0. The zero-order valence-electron chi connectivity index (χ0n) is 10.9. The van der Waals surface area contributed by atoms with Gasteiger partial charge in [0.15, 0.2) is 0 Å². The van der Waals surface area contributed by atoms with Crippen LogP contribution < -0.4 is 11.1 Å². The van der Waals surface area contributed by atoms with Gasteiger partial charge in [-0.2, -0.15) is 0 Å². The molecule has 1 aromatic heterocycles. The Hall–Kier alpha value is -1.29. The van der Waals surface area contributed by atoms with E-state index in [1.165, 1.54) is 31.9 Å². The highest BCUT2D eigenvalue weighted by Crippen LogP contribution is 2.27. The number of nitrogens with two attached hydrogens (primary N) is 1. The summed E-state index contributed by atoms with van der Waals surface area (Å²) in [6, 6.07) is 1.71. The maximum absolute atomic E-state index is 11.9. The number of carbonyl (C=O) groups is 1. The third-order valence-electron chi connectivity index (χ3n) is 3.71. The lowest BCUT2D eigenvalue weighted by atomic mass is 9.82. The second-order valence-electron chi connectivity index (χ2n) is 5.35. The molecule has 1 saturated carbocycles. The smallest absolute Gasteiger partial charge is 0.254 e. The third kappa shape index (κ3) is 3.35. The van der Waals surface area contributed by atoms with Crippen molar-refractivity contribution in [2.24, 2.45) is 17.6 Å². The van der Waals surface area contributed by atoms with E-state index >= 15 is 0 Å². The minimum absolute atomic E-state index is 0.0586. The molecule has 1 fully saturated rings. The molecule has 1 aliphatic rings. The van der Waals surface area contributed by atoms with Gasteiger partial charge in [0.05, 0.1) is 12.1 Å². The standard InChI is InChI=1S/C14H22N2O2/c1-10-3-2-4-11(5-10)8-16-14(17)12-6-13(7-15)18-9-12/h6,9-11H,2-5,7-8,15H2,1H3,(H,16,17). The summed E-state index contributed by atoms with van der Waals surface area (Å²) < 4.78 is 5.16. The maximum Gasteiger partial charge on any atom is 0.254 e. The van der Waals surface area contributed by atoms with Crippen LogP contribution in [0.4, 0.5) is 0 Å². The predicted octanol–water partition coefficient (Wildman–Crippen LogP) is 2.29. The number of hydrogen-bond acceptors (Lipinski definition) is 3. The lowest BCUT2D eigenvalue weighted by Crippen LogP contribution is -2.31. The summed E-state index contributed by atoms with van der Waals surface area (Å²) in [5.74, 6) is 2.00. The van der Waals surface area contributed by atoms with E-state index in [4.69, 9.17) is 10.2 Å². The van der Waals surface area contributed by atoms with E-state index < -0.39 is 0 Å². The molecule has 0 aliphatic heterocycles. The lowest BCUT2D eigenvalue weighted by molar-refractivity contribution is 0.0940. The van der Waals surface area contributed by atoms with E-state index in [1.807, 2.05) is 0 Å². The van der Waals surface area contributed by atoms with Gasteiger partial charge >= 0.3 is 0 Å². The molecular formula is C14H22N2O2. The molecule has 1 aliphatic carbocycles. The molecule has 2 unspecified atom stereocenters. The van der Waals surface area contributed by atoms with Crippen LogP contribution in [0.25, 0.3) is 0 Å². The number of nitrogens with one attached hydrogen (secondary N) is 1. The first-order valence-electron chi connectivity index (χ1n) is 6.74. The van der Waals surface area contributed by atoms with E-state index in [2.05, 4.69) is 12.2 Å². The van der Waals surface area contributed by atoms with Gasteiger partial charge in [0.25, 0.3) is 5.91 Å². The van der Waals surface area contributed by atoms with Crippen LogP contribution in [0, 0.1) is 11.8 Å². The summed E-state index contributed by atoms with van der Waals surface area (Å²) in [4.78, 5) is 11.9. The molecule has 4 heteroatoms. The first-order valence-corrected chi connectivity index (χ1v) is 6.74. The number of amides is 1. The van der Waals surface area contributed by atoms with Crippen molar-refractivity contribution < 1.29 is 9.21 Å². The van der Waals surface area contributed by atoms with Crippen molar-refractivity contribution in [1.82, 2.24) is 5.32 Å². The van der Waals surface area contributed by atoms with Gasteiger partial charge in [0.2, 0.25) is 0 Å². The van der Waals surface area contributed by atoms with E-state index in [0.29, 0.717) is 23.8 Å². The SMILES string of the molecule is CC1CCCC(CNC(=O)c2coc(CN)c2)C1. The highest BCUT2D eigenvalue weighted by molar-refractivity contribution is 5.93. The summed E-state index contributed by atoms with van der Waals surface area (Å²) in [6.45, 7) is 3.39. The van der Waals surface area contributed by atoms with E-state index in [1.54, 1.807) is 6.07 Å². The molecule has 2 rings (SSSR count). The Kier molecular flexibility index (Phi) is 4.42. The molecule has 0 spiro atoms. The molecular weight excluding hydrogens is 228 g/mol. The molecule has 0 saturated heterocycles. The van der Waals surface area contributed by atoms with E-state index in [9.17, 15) is 4.79 Å². The van der Waals surface area contributed by atoms with E-state index in [-0.39, 0.29) is 5.91 Å². The minimum Gasteiger partial charge on any atom is -0.467 e. The summed E-state index contributed by atoms with van der Waals surface area (Å²) in [6.07, 6.45) is 6.53. The monoisotopic (exact) mass is 250 g/mol. The molecule has 1 heterocycles. The molecule has 0 radical (unpaired) electrons. The van der Waals surface area contributed by atoms with Gasteiger partial charge in [-0.1, -0.05) is 19.8 Å². The Balaban J connectivity index is 1.80. The highest BCUT2D eigenvalue weighted by Gasteiger charge is 2.19. The normalized spacial score (nSPS) is 23.9. The quantitative estimate of drug-likeness (QED) is 0.861. The molecule has 0 aromatic carbocycles. The van der Waals surface area contributed by atoms with Crippen molar-refractivity contribution in [1.29, 1.82) is 0 Å². The van der Waals surface area contributed by atoms with Crippen molar-refractivity contribution in [3.8, 4) is 0 Å². The van der Waals surface area contributed by atoms with Crippen molar-refractivity contribution in [2.75, 3.05) is 6.54 Å². The van der Waals surface area contributed by atoms with Crippen LogP contribution in [-0.4, -0.2) is 12.5 Å². The first-order chi connectivity index (χ1) is 8.69. The molecule has 1 amide bonds. The van der Waals surface area contributed by atoms with Gasteiger partial charge in [0.1, 0.15) is 12.0 Å².